The van der Waals surface area contributed by atoms with Crippen LogP contribution in [0, 0.1) is 0 Å². The first-order valence-electron chi connectivity index (χ1n) is 6.07. The highest BCUT2D eigenvalue weighted by molar-refractivity contribution is 5.67. The minimum atomic E-state index is -1.00. The predicted octanol–water partition coefficient (Wildman–Crippen LogP) is 0.465. The van der Waals surface area contributed by atoms with Gasteiger partial charge < -0.3 is 19.7 Å². The zero-order chi connectivity index (χ0) is 13.9. The molecule has 0 aromatic heterocycles. The number of nitrogens with one attached hydrogen (secondary N) is 1. The summed E-state index contributed by atoms with van der Waals surface area (Å²) in [4.78, 5) is 10.2. The number of aliphatic hydroxyl groups is 1. The summed E-state index contributed by atoms with van der Waals surface area (Å²) < 4.78 is 10.2. The van der Waals surface area contributed by atoms with Crippen molar-refractivity contribution in [3.05, 3.63) is 30.3 Å². The number of carboxylic acid groups (broad SMARTS) is 1. The van der Waals surface area contributed by atoms with E-state index in [0.717, 1.165) is 5.75 Å². The standard InChI is InChI=1S/C13H19NO5/c15-12(14-7-9-18-10-13(16)17)6-8-19-11-4-2-1-3-5-11/h1-5,12,14-15H,6-10H2,(H,16,17). The van der Waals surface area contributed by atoms with Gasteiger partial charge in [-0.1, -0.05) is 18.2 Å². The summed E-state index contributed by atoms with van der Waals surface area (Å²) >= 11 is 0. The Balaban J connectivity index is 1.99. The van der Waals surface area contributed by atoms with Crippen LogP contribution in [0.4, 0.5) is 0 Å². The quantitative estimate of drug-likeness (QED) is 0.422. The van der Waals surface area contributed by atoms with Crippen molar-refractivity contribution in [2.75, 3.05) is 26.4 Å². The number of benzene rings is 1. The Morgan fingerprint density at radius 3 is 2.68 bits per heavy atom. The van der Waals surface area contributed by atoms with Crippen molar-refractivity contribution < 1.29 is 24.5 Å². The number of para-hydroxylation sites is 1. The molecule has 1 rings (SSSR count). The summed E-state index contributed by atoms with van der Waals surface area (Å²) in [5.41, 5.74) is 0. The van der Waals surface area contributed by atoms with Gasteiger partial charge in [0.05, 0.1) is 13.2 Å². The molecule has 0 aliphatic rings. The second kappa shape index (κ2) is 9.32. The van der Waals surface area contributed by atoms with Crippen molar-refractivity contribution in [1.29, 1.82) is 0 Å². The van der Waals surface area contributed by atoms with Crippen LogP contribution in [0.15, 0.2) is 30.3 Å². The largest absolute Gasteiger partial charge is 0.493 e. The van der Waals surface area contributed by atoms with Crippen molar-refractivity contribution in [2.24, 2.45) is 0 Å². The molecular weight excluding hydrogens is 250 g/mol. The fraction of sp³-hybridized carbons (Fsp3) is 0.462. The fourth-order valence-corrected chi connectivity index (χ4v) is 1.36. The first kappa shape index (κ1) is 15.4. The molecule has 0 bridgehead atoms. The molecule has 1 aromatic carbocycles. The van der Waals surface area contributed by atoms with Gasteiger partial charge in [0.2, 0.25) is 0 Å². The van der Waals surface area contributed by atoms with Gasteiger partial charge in [-0.3, -0.25) is 5.32 Å². The third kappa shape index (κ3) is 8.15. The van der Waals surface area contributed by atoms with Gasteiger partial charge in [-0.05, 0) is 12.1 Å². The Kier molecular flexibility index (Phi) is 7.57. The molecule has 0 aliphatic carbocycles. The van der Waals surface area contributed by atoms with Crippen LogP contribution in [0.25, 0.3) is 0 Å². The molecule has 0 fully saturated rings. The predicted molar refractivity (Wildman–Crippen MR) is 69.0 cm³/mol. The molecular formula is C13H19NO5. The van der Waals surface area contributed by atoms with Crippen molar-refractivity contribution >= 4 is 5.97 Å². The zero-order valence-corrected chi connectivity index (χ0v) is 10.6. The number of ether oxygens (including phenoxy) is 2. The van der Waals surface area contributed by atoms with E-state index in [-0.39, 0.29) is 13.2 Å². The van der Waals surface area contributed by atoms with Crippen molar-refractivity contribution in [3.63, 3.8) is 0 Å². The summed E-state index contributed by atoms with van der Waals surface area (Å²) in [6.45, 7) is 0.700. The van der Waals surface area contributed by atoms with Crippen molar-refractivity contribution in [2.45, 2.75) is 12.6 Å². The number of rotatable bonds is 10. The number of aliphatic hydroxyl groups excluding tert-OH is 1. The first-order chi connectivity index (χ1) is 9.18. The maximum Gasteiger partial charge on any atom is 0.329 e. The van der Waals surface area contributed by atoms with Gasteiger partial charge in [-0.2, -0.15) is 0 Å². The Labute approximate surface area is 112 Å². The van der Waals surface area contributed by atoms with E-state index in [2.05, 4.69) is 5.32 Å². The van der Waals surface area contributed by atoms with Gasteiger partial charge in [-0.15, -0.1) is 0 Å². The highest BCUT2D eigenvalue weighted by atomic mass is 16.5. The lowest BCUT2D eigenvalue weighted by atomic mass is 10.3. The second-order valence-electron chi connectivity index (χ2n) is 3.87. The minimum Gasteiger partial charge on any atom is -0.493 e. The Hall–Kier alpha value is -1.63. The van der Waals surface area contributed by atoms with E-state index in [1.54, 1.807) is 0 Å². The van der Waals surface area contributed by atoms with Gasteiger partial charge in [-0.25, -0.2) is 4.79 Å². The van der Waals surface area contributed by atoms with Crippen LogP contribution >= 0.6 is 0 Å². The van der Waals surface area contributed by atoms with Gasteiger partial charge in [0.15, 0.2) is 0 Å². The molecule has 0 saturated heterocycles. The lowest BCUT2D eigenvalue weighted by Crippen LogP contribution is -2.33. The number of hydrogen-bond donors (Lipinski definition) is 3. The van der Waals surface area contributed by atoms with E-state index in [9.17, 15) is 9.90 Å². The summed E-state index contributed by atoms with van der Waals surface area (Å²) in [6, 6.07) is 9.35. The lowest BCUT2D eigenvalue weighted by molar-refractivity contribution is -0.142. The average Bonchev–Trinajstić information content (AvgIpc) is 2.39. The third-order valence-electron chi connectivity index (χ3n) is 2.26. The van der Waals surface area contributed by atoms with E-state index in [1.807, 2.05) is 30.3 Å². The van der Waals surface area contributed by atoms with E-state index in [0.29, 0.717) is 19.6 Å². The molecule has 0 spiro atoms. The molecule has 3 N–H and O–H groups in total. The van der Waals surface area contributed by atoms with Crippen molar-refractivity contribution in [1.82, 2.24) is 5.32 Å². The van der Waals surface area contributed by atoms with Crippen LogP contribution in [0.3, 0.4) is 0 Å². The highest BCUT2D eigenvalue weighted by Crippen LogP contribution is 2.08. The molecule has 1 aromatic rings. The Morgan fingerprint density at radius 2 is 2.00 bits per heavy atom. The molecule has 6 nitrogen and oxygen atoms in total. The molecule has 0 radical (unpaired) electrons. The van der Waals surface area contributed by atoms with E-state index < -0.39 is 12.2 Å². The zero-order valence-electron chi connectivity index (χ0n) is 10.6. The SMILES string of the molecule is O=C(O)COCCNC(O)CCOc1ccccc1. The second-order valence-corrected chi connectivity index (χ2v) is 3.87. The smallest absolute Gasteiger partial charge is 0.329 e. The Morgan fingerprint density at radius 1 is 1.26 bits per heavy atom. The summed E-state index contributed by atoms with van der Waals surface area (Å²) in [6.07, 6.45) is -0.259. The van der Waals surface area contributed by atoms with E-state index >= 15 is 0 Å². The number of aliphatic carboxylic acids is 1. The van der Waals surface area contributed by atoms with Gasteiger partial charge in [0, 0.05) is 13.0 Å². The van der Waals surface area contributed by atoms with Crippen LogP contribution in [0.5, 0.6) is 5.75 Å². The van der Waals surface area contributed by atoms with Crippen LogP contribution in [0.2, 0.25) is 0 Å². The molecule has 0 amide bonds. The third-order valence-corrected chi connectivity index (χ3v) is 2.26. The summed E-state index contributed by atoms with van der Waals surface area (Å²) in [5, 5.41) is 20.7. The van der Waals surface area contributed by atoms with Crippen molar-refractivity contribution in [3.8, 4) is 5.75 Å². The molecule has 6 heteroatoms. The number of carboxylic acids is 1. The molecule has 0 aliphatic heterocycles. The topological polar surface area (TPSA) is 88.0 Å². The van der Waals surface area contributed by atoms with Crippen LogP contribution in [0.1, 0.15) is 6.42 Å². The summed E-state index contributed by atoms with van der Waals surface area (Å²) in [5.74, 6) is -0.240. The molecule has 1 unspecified atom stereocenters. The molecule has 106 valence electrons. The van der Waals surface area contributed by atoms with Gasteiger partial charge in [0.25, 0.3) is 0 Å². The molecule has 0 saturated carbocycles. The maximum absolute atomic E-state index is 10.2. The monoisotopic (exact) mass is 269 g/mol. The number of hydrogen-bond acceptors (Lipinski definition) is 5. The minimum absolute atomic E-state index is 0.239. The fourth-order valence-electron chi connectivity index (χ4n) is 1.36. The lowest BCUT2D eigenvalue weighted by Gasteiger charge is -2.13. The molecule has 1 atom stereocenters. The highest BCUT2D eigenvalue weighted by Gasteiger charge is 2.03. The molecule has 19 heavy (non-hydrogen) atoms. The van der Waals surface area contributed by atoms with E-state index in [4.69, 9.17) is 14.6 Å². The maximum atomic E-state index is 10.2. The normalized spacial score (nSPS) is 12.1. The summed E-state index contributed by atoms with van der Waals surface area (Å²) in [7, 11) is 0. The van der Waals surface area contributed by atoms with Gasteiger partial charge in [0.1, 0.15) is 18.6 Å². The van der Waals surface area contributed by atoms with Crippen LogP contribution < -0.4 is 10.1 Å². The molecule has 0 heterocycles. The van der Waals surface area contributed by atoms with E-state index in [1.165, 1.54) is 0 Å². The Bertz CT molecular complexity index is 357. The first-order valence-corrected chi connectivity index (χ1v) is 6.07. The van der Waals surface area contributed by atoms with Crippen LogP contribution in [-0.4, -0.2) is 48.8 Å². The number of carbonyl (C=O) groups is 1. The average molecular weight is 269 g/mol. The van der Waals surface area contributed by atoms with Gasteiger partial charge >= 0.3 is 5.97 Å². The van der Waals surface area contributed by atoms with Crippen LogP contribution in [-0.2, 0) is 9.53 Å².